The van der Waals surface area contributed by atoms with Gasteiger partial charge in [-0.3, -0.25) is 4.79 Å². The summed E-state index contributed by atoms with van der Waals surface area (Å²) < 4.78 is 8.10. The standard InChI is InChI=1S/C24H33N5O2/c1-2-3-12-20-28-21-22(18-10-6-7-11-19(18)27-23(21)25)29(20)14-16-31-15-13-26-24(30)17-8-4-5-9-17/h6-7,10-11,17H,2-5,8-9,12-16H2,1H3,(H2,25,27)(H,26,30). The molecule has 1 aliphatic rings. The van der Waals surface area contributed by atoms with Gasteiger partial charge in [0, 0.05) is 30.8 Å². The van der Waals surface area contributed by atoms with Crippen LogP contribution in [0.5, 0.6) is 0 Å². The van der Waals surface area contributed by atoms with Crippen molar-refractivity contribution < 1.29 is 9.53 Å². The number of carbonyl (C=O) groups is 1. The monoisotopic (exact) mass is 423 g/mol. The van der Waals surface area contributed by atoms with Crippen LogP contribution in [0.1, 0.15) is 51.3 Å². The summed E-state index contributed by atoms with van der Waals surface area (Å²) in [6.07, 6.45) is 7.46. The number of aryl methyl sites for hydroxylation is 1. The van der Waals surface area contributed by atoms with Gasteiger partial charge in [-0.15, -0.1) is 0 Å². The number of nitrogens with one attached hydrogen (secondary N) is 1. The van der Waals surface area contributed by atoms with Crippen LogP contribution in [0.3, 0.4) is 0 Å². The second-order valence-corrected chi connectivity index (χ2v) is 8.38. The fourth-order valence-corrected chi connectivity index (χ4v) is 4.51. The highest BCUT2D eigenvalue weighted by atomic mass is 16.5. The number of carbonyl (C=O) groups excluding carboxylic acids is 1. The Hall–Kier alpha value is -2.67. The fraction of sp³-hybridized carbons (Fsp3) is 0.542. The summed E-state index contributed by atoms with van der Waals surface area (Å²) in [6.45, 7) is 4.50. The van der Waals surface area contributed by atoms with E-state index in [4.69, 9.17) is 15.5 Å². The second-order valence-electron chi connectivity index (χ2n) is 8.38. The molecule has 2 heterocycles. The minimum absolute atomic E-state index is 0.179. The number of aromatic nitrogens is 3. The van der Waals surface area contributed by atoms with Gasteiger partial charge in [0.05, 0.1) is 24.2 Å². The number of unbranched alkanes of at least 4 members (excludes halogenated alkanes) is 1. The number of pyridine rings is 1. The summed E-state index contributed by atoms with van der Waals surface area (Å²) in [4.78, 5) is 21.5. The first-order valence-corrected chi connectivity index (χ1v) is 11.6. The molecule has 0 unspecified atom stereocenters. The Morgan fingerprint density at radius 1 is 1.23 bits per heavy atom. The van der Waals surface area contributed by atoms with Crippen molar-refractivity contribution in [3.63, 3.8) is 0 Å². The van der Waals surface area contributed by atoms with Crippen molar-refractivity contribution >= 4 is 33.7 Å². The molecule has 3 aromatic rings. The number of nitrogen functional groups attached to an aromatic ring is 1. The lowest BCUT2D eigenvalue weighted by Crippen LogP contribution is -2.32. The number of amides is 1. The van der Waals surface area contributed by atoms with Crippen LogP contribution < -0.4 is 11.1 Å². The van der Waals surface area contributed by atoms with Gasteiger partial charge < -0.3 is 20.4 Å². The van der Waals surface area contributed by atoms with Crippen LogP contribution in [0.4, 0.5) is 5.82 Å². The lowest BCUT2D eigenvalue weighted by Gasteiger charge is -2.13. The first-order chi connectivity index (χ1) is 15.2. The second kappa shape index (κ2) is 10.1. The quantitative estimate of drug-likeness (QED) is 0.483. The third-order valence-corrected chi connectivity index (χ3v) is 6.17. The van der Waals surface area contributed by atoms with E-state index in [9.17, 15) is 4.79 Å². The van der Waals surface area contributed by atoms with E-state index in [2.05, 4.69) is 27.9 Å². The van der Waals surface area contributed by atoms with Crippen LogP contribution in [-0.4, -0.2) is 40.2 Å². The molecule has 7 heteroatoms. The van der Waals surface area contributed by atoms with E-state index in [1.807, 2.05) is 18.2 Å². The van der Waals surface area contributed by atoms with E-state index >= 15 is 0 Å². The van der Waals surface area contributed by atoms with Gasteiger partial charge in [0.1, 0.15) is 11.3 Å². The zero-order chi connectivity index (χ0) is 21.6. The minimum atomic E-state index is 0.179. The number of ether oxygens (including phenoxy) is 1. The number of hydrogen-bond acceptors (Lipinski definition) is 5. The molecule has 1 fully saturated rings. The van der Waals surface area contributed by atoms with Crippen LogP contribution in [0.15, 0.2) is 24.3 Å². The van der Waals surface area contributed by atoms with Crippen LogP contribution in [-0.2, 0) is 22.5 Å². The fourth-order valence-electron chi connectivity index (χ4n) is 4.51. The predicted molar refractivity (Wildman–Crippen MR) is 124 cm³/mol. The molecule has 4 rings (SSSR count). The van der Waals surface area contributed by atoms with E-state index < -0.39 is 0 Å². The minimum Gasteiger partial charge on any atom is -0.382 e. The molecule has 0 atom stereocenters. The van der Waals surface area contributed by atoms with Crippen molar-refractivity contribution in [3.05, 3.63) is 30.1 Å². The molecule has 2 aromatic heterocycles. The average Bonchev–Trinajstić information content (AvgIpc) is 3.43. The number of para-hydroxylation sites is 1. The van der Waals surface area contributed by atoms with E-state index in [0.717, 1.165) is 59.9 Å². The van der Waals surface area contributed by atoms with Gasteiger partial charge in [0.2, 0.25) is 5.91 Å². The van der Waals surface area contributed by atoms with Gasteiger partial charge in [-0.2, -0.15) is 0 Å². The molecule has 3 N–H and O–H groups in total. The van der Waals surface area contributed by atoms with Crippen molar-refractivity contribution in [2.75, 3.05) is 25.5 Å². The van der Waals surface area contributed by atoms with Gasteiger partial charge in [-0.05, 0) is 25.3 Å². The number of nitrogens with two attached hydrogens (primary N) is 1. The summed E-state index contributed by atoms with van der Waals surface area (Å²) in [5.74, 6) is 1.88. The molecular formula is C24H33N5O2. The predicted octanol–water partition coefficient (Wildman–Crippen LogP) is 3.83. The Morgan fingerprint density at radius 2 is 2.03 bits per heavy atom. The third-order valence-electron chi connectivity index (χ3n) is 6.17. The van der Waals surface area contributed by atoms with Gasteiger partial charge >= 0.3 is 0 Å². The Balaban J connectivity index is 1.43. The van der Waals surface area contributed by atoms with E-state index in [-0.39, 0.29) is 11.8 Å². The average molecular weight is 424 g/mol. The lowest BCUT2D eigenvalue weighted by atomic mass is 10.1. The Bertz CT molecular complexity index is 1040. The first-order valence-electron chi connectivity index (χ1n) is 11.6. The molecule has 31 heavy (non-hydrogen) atoms. The van der Waals surface area contributed by atoms with Crippen molar-refractivity contribution in [3.8, 4) is 0 Å². The van der Waals surface area contributed by atoms with E-state index in [1.165, 1.54) is 12.8 Å². The van der Waals surface area contributed by atoms with Crippen LogP contribution in [0.25, 0.3) is 21.9 Å². The molecule has 7 nitrogen and oxygen atoms in total. The number of nitrogens with zero attached hydrogens (tertiary/aromatic N) is 3. The van der Waals surface area contributed by atoms with E-state index in [1.54, 1.807) is 0 Å². The highest BCUT2D eigenvalue weighted by molar-refractivity contribution is 6.06. The molecule has 1 amide bonds. The summed E-state index contributed by atoms with van der Waals surface area (Å²) in [5.41, 5.74) is 8.94. The topological polar surface area (TPSA) is 95.1 Å². The highest BCUT2D eigenvalue weighted by Crippen LogP contribution is 2.29. The first kappa shape index (κ1) is 21.6. The summed E-state index contributed by atoms with van der Waals surface area (Å²) >= 11 is 0. The SMILES string of the molecule is CCCCc1nc2c(N)nc3ccccc3c2n1CCOCCNC(=O)C1CCCC1. The van der Waals surface area contributed by atoms with Crippen molar-refractivity contribution in [2.45, 2.75) is 58.4 Å². The molecule has 1 aliphatic carbocycles. The van der Waals surface area contributed by atoms with Gasteiger partial charge in [0.15, 0.2) is 5.82 Å². The molecule has 0 aliphatic heterocycles. The third kappa shape index (κ3) is 4.82. The zero-order valence-electron chi connectivity index (χ0n) is 18.4. The highest BCUT2D eigenvalue weighted by Gasteiger charge is 2.22. The van der Waals surface area contributed by atoms with Crippen LogP contribution >= 0.6 is 0 Å². The molecule has 0 bridgehead atoms. The van der Waals surface area contributed by atoms with Crippen LogP contribution in [0.2, 0.25) is 0 Å². The summed E-state index contributed by atoms with van der Waals surface area (Å²) in [6, 6.07) is 8.05. The summed E-state index contributed by atoms with van der Waals surface area (Å²) in [7, 11) is 0. The molecule has 1 saturated carbocycles. The number of imidazole rings is 1. The number of rotatable bonds is 10. The van der Waals surface area contributed by atoms with Crippen LogP contribution in [0, 0.1) is 5.92 Å². The molecular weight excluding hydrogens is 390 g/mol. The summed E-state index contributed by atoms with van der Waals surface area (Å²) in [5, 5.41) is 4.07. The maximum atomic E-state index is 12.1. The Morgan fingerprint density at radius 3 is 2.84 bits per heavy atom. The Kier molecular flexibility index (Phi) is 7.02. The van der Waals surface area contributed by atoms with Gasteiger partial charge in [-0.25, -0.2) is 9.97 Å². The molecule has 1 aromatic carbocycles. The number of fused-ring (bicyclic) bond motifs is 3. The van der Waals surface area contributed by atoms with Gasteiger partial charge in [-0.1, -0.05) is 44.4 Å². The number of anilines is 1. The maximum absolute atomic E-state index is 12.1. The molecule has 166 valence electrons. The van der Waals surface area contributed by atoms with E-state index in [0.29, 0.717) is 32.1 Å². The maximum Gasteiger partial charge on any atom is 0.223 e. The Labute approximate surface area is 183 Å². The number of hydrogen-bond donors (Lipinski definition) is 2. The van der Waals surface area contributed by atoms with Crippen molar-refractivity contribution in [1.29, 1.82) is 0 Å². The van der Waals surface area contributed by atoms with Gasteiger partial charge in [0.25, 0.3) is 0 Å². The normalized spacial score (nSPS) is 14.6. The lowest BCUT2D eigenvalue weighted by molar-refractivity contribution is -0.125. The molecule has 0 saturated heterocycles. The van der Waals surface area contributed by atoms with Crippen molar-refractivity contribution in [2.24, 2.45) is 5.92 Å². The number of benzene rings is 1. The smallest absolute Gasteiger partial charge is 0.223 e. The largest absolute Gasteiger partial charge is 0.382 e. The zero-order valence-corrected chi connectivity index (χ0v) is 18.4. The molecule has 0 spiro atoms. The van der Waals surface area contributed by atoms with Crippen molar-refractivity contribution in [1.82, 2.24) is 19.9 Å². The molecule has 0 radical (unpaired) electrons.